The molecule has 0 amide bonds. The average Bonchev–Trinajstić information content (AvgIpc) is 2.94. The topological polar surface area (TPSA) is 56.5 Å². The predicted molar refractivity (Wildman–Crippen MR) is 65.4 cm³/mol. The number of rotatable bonds is 2. The van der Waals surface area contributed by atoms with Crippen LogP contribution in [0.2, 0.25) is 0 Å². The van der Waals surface area contributed by atoms with Gasteiger partial charge in [0.25, 0.3) is 0 Å². The van der Waals surface area contributed by atoms with Crippen molar-refractivity contribution in [3.05, 3.63) is 36.5 Å². The van der Waals surface area contributed by atoms with E-state index in [2.05, 4.69) is 32.6 Å². The van der Waals surface area contributed by atoms with Crippen molar-refractivity contribution in [3.8, 4) is 11.3 Å². The summed E-state index contributed by atoms with van der Waals surface area (Å²) in [7, 11) is 1.86. The van der Waals surface area contributed by atoms with Crippen LogP contribution in [0.4, 0.5) is 5.82 Å². The quantitative estimate of drug-likeness (QED) is 0.611. The largest absolute Gasteiger partial charge is 0.372 e. The van der Waals surface area contributed by atoms with E-state index in [-0.39, 0.29) is 0 Å². The van der Waals surface area contributed by atoms with Gasteiger partial charge >= 0.3 is 0 Å². The van der Waals surface area contributed by atoms with Crippen LogP contribution in [0.1, 0.15) is 0 Å². The molecular formula is C12H12N4. The summed E-state index contributed by atoms with van der Waals surface area (Å²) < 4.78 is 0. The number of hydrogen-bond donors (Lipinski definition) is 3. The molecule has 0 radical (unpaired) electrons. The molecule has 0 atom stereocenters. The standard InChI is InChI=1S/C12H12N4/c1-13-12-6-11(15-16-12)9-7-14-10-5-3-2-4-8(9)10/h2-7,14H,1H3,(H2,13,15,16). The predicted octanol–water partition coefficient (Wildman–Crippen LogP) is 2.60. The number of nitrogens with one attached hydrogen (secondary N) is 3. The Hall–Kier alpha value is -2.23. The number of nitrogens with zero attached hydrogens (tertiary/aromatic N) is 1. The van der Waals surface area contributed by atoms with Gasteiger partial charge in [-0.3, -0.25) is 5.10 Å². The molecule has 0 aliphatic carbocycles. The first-order chi connectivity index (χ1) is 7.88. The second-order valence-corrected chi connectivity index (χ2v) is 3.66. The van der Waals surface area contributed by atoms with Gasteiger partial charge in [-0.15, -0.1) is 0 Å². The lowest BCUT2D eigenvalue weighted by Crippen LogP contribution is -1.85. The maximum Gasteiger partial charge on any atom is 0.148 e. The molecule has 16 heavy (non-hydrogen) atoms. The summed E-state index contributed by atoms with van der Waals surface area (Å²) in [6.07, 6.45) is 2.00. The number of aromatic nitrogens is 3. The van der Waals surface area contributed by atoms with Crippen LogP contribution in [0, 0.1) is 0 Å². The lowest BCUT2D eigenvalue weighted by molar-refractivity contribution is 1.09. The molecule has 2 aromatic heterocycles. The van der Waals surface area contributed by atoms with Gasteiger partial charge in [-0.25, -0.2) is 0 Å². The molecule has 0 aliphatic rings. The fourth-order valence-electron chi connectivity index (χ4n) is 1.88. The Labute approximate surface area is 92.7 Å². The summed E-state index contributed by atoms with van der Waals surface area (Å²) in [5.74, 6) is 0.847. The third kappa shape index (κ3) is 1.27. The Bertz CT molecular complexity index is 621. The average molecular weight is 212 g/mol. The van der Waals surface area contributed by atoms with Crippen molar-refractivity contribution in [2.75, 3.05) is 12.4 Å². The highest BCUT2D eigenvalue weighted by atomic mass is 15.2. The van der Waals surface area contributed by atoms with Gasteiger partial charge in [0.15, 0.2) is 0 Å². The van der Waals surface area contributed by atoms with Crippen LogP contribution in [0.3, 0.4) is 0 Å². The molecule has 0 bridgehead atoms. The van der Waals surface area contributed by atoms with E-state index in [0.717, 1.165) is 22.6 Å². The number of anilines is 1. The molecule has 0 aliphatic heterocycles. The van der Waals surface area contributed by atoms with Gasteiger partial charge < -0.3 is 10.3 Å². The van der Waals surface area contributed by atoms with E-state index in [0.29, 0.717) is 0 Å². The fourth-order valence-corrected chi connectivity index (χ4v) is 1.88. The SMILES string of the molecule is CNc1cc(-c2c[nH]c3ccccc23)[nH]n1. The van der Waals surface area contributed by atoms with E-state index >= 15 is 0 Å². The molecular weight excluding hydrogens is 200 g/mol. The summed E-state index contributed by atoms with van der Waals surface area (Å²) in [4.78, 5) is 3.25. The number of H-pyrrole nitrogens is 2. The highest BCUT2D eigenvalue weighted by Crippen LogP contribution is 2.27. The summed E-state index contributed by atoms with van der Waals surface area (Å²) in [6.45, 7) is 0. The van der Waals surface area contributed by atoms with E-state index in [1.54, 1.807) is 0 Å². The first-order valence-corrected chi connectivity index (χ1v) is 5.18. The zero-order valence-electron chi connectivity index (χ0n) is 8.91. The van der Waals surface area contributed by atoms with Crippen LogP contribution < -0.4 is 5.32 Å². The lowest BCUT2D eigenvalue weighted by atomic mass is 10.1. The molecule has 80 valence electrons. The molecule has 0 fully saturated rings. The number of benzene rings is 1. The zero-order chi connectivity index (χ0) is 11.0. The van der Waals surface area contributed by atoms with Gasteiger partial charge in [0.05, 0.1) is 5.69 Å². The number of para-hydroxylation sites is 1. The molecule has 2 heterocycles. The van der Waals surface area contributed by atoms with Crippen LogP contribution in [-0.2, 0) is 0 Å². The Morgan fingerprint density at radius 3 is 2.94 bits per heavy atom. The van der Waals surface area contributed by atoms with Gasteiger partial charge in [0.1, 0.15) is 5.82 Å². The van der Waals surface area contributed by atoms with Crippen LogP contribution >= 0.6 is 0 Å². The highest BCUT2D eigenvalue weighted by molar-refractivity contribution is 5.94. The molecule has 4 nitrogen and oxygen atoms in total. The normalized spacial score (nSPS) is 10.8. The molecule has 3 rings (SSSR count). The zero-order valence-corrected chi connectivity index (χ0v) is 8.91. The van der Waals surface area contributed by atoms with Crippen LogP contribution in [0.25, 0.3) is 22.2 Å². The van der Waals surface area contributed by atoms with Crippen molar-refractivity contribution < 1.29 is 0 Å². The first kappa shape index (κ1) is 9.03. The number of hydrogen-bond acceptors (Lipinski definition) is 2. The Kier molecular flexibility index (Phi) is 1.93. The summed E-state index contributed by atoms with van der Waals surface area (Å²) in [5.41, 5.74) is 3.30. The smallest absolute Gasteiger partial charge is 0.148 e. The summed E-state index contributed by atoms with van der Waals surface area (Å²) >= 11 is 0. The van der Waals surface area contributed by atoms with Gasteiger partial charge in [-0.05, 0) is 6.07 Å². The lowest BCUT2D eigenvalue weighted by Gasteiger charge is -1.93. The molecule has 3 aromatic rings. The minimum absolute atomic E-state index is 0.847. The van der Waals surface area contributed by atoms with Crippen molar-refractivity contribution >= 4 is 16.7 Å². The molecule has 4 heteroatoms. The maximum absolute atomic E-state index is 4.15. The molecule has 0 saturated heterocycles. The van der Waals surface area contributed by atoms with Gasteiger partial charge in [-0.1, -0.05) is 18.2 Å². The Morgan fingerprint density at radius 1 is 1.25 bits per heavy atom. The van der Waals surface area contributed by atoms with Crippen molar-refractivity contribution in [3.63, 3.8) is 0 Å². The number of aromatic amines is 2. The third-order valence-electron chi connectivity index (χ3n) is 2.71. The monoisotopic (exact) mass is 212 g/mol. The van der Waals surface area contributed by atoms with Crippen LogP contribution in [0.15, 0.2) is 36.5 Å². The van der Waals surface area contributed by atoms with Crippen LogP contribution in [0.5, 0.6) is 0 Å². The van der Waals surface area contributed by atoms with E-state index in [9.17, 15) is 0 Å². The van der Waals surface area contributed by atoms with E-state index in [4.69, 9.17) is 0 Å². The second-order valence-electron chi connectivity index (χ2n) is 3.66. The summed E-state index contributed by atoms with van der Waals surface area (Å²) in [5, 5.41) is 11.4. The Balaban J connectivity index is 2.18. The van der Waals surface area contributed by atoms with Crippen molar-refractivity contribution in [2.24, 2.45) is 0 Å². The summed E-state index contributed by atoms with van der Waals surface area (Å²) in [6, 6.07) is 10.2. The van der Waals surface area contributed by atoms with E-state index in [1.807, 2.05) is 31.4 Å². The van der Waals surface area contributed by atoms with E-state index in [1.165, 1.54) is 5.39 Å². The van der Waals surface area contributed by atoms with Gasteiger partial charge in [0, 0.05) is 35.8 Å². The molecule has 0 saturated carbocycles. The minimum atomic E-state index is 0.847. The van der Waals surface area contributed by atoms with Crippen LogP contribution in [-0.4, -0.2) is 22.2 Å². The first-order valence-electron chi connectivity index (χ1n) is 5.18. The molecule has 0 spiro atoms. The molecule has 0 unspecified atom stereocenters. The molecule has 3 N–H and O–H groups in total. The maximum atomic E-state index is 4.15. The van der Waals surface area contributed by atoms with Crippen molar-refractivity contribution in [2.45, 2.75) is 0 Å². The van der Waals surface area contributed by atoms with Crippen molar-refractivity contribution in [1.29, 1.82) is 0 Å². The van der Waals surface area contributed by atoms with Gasteiger partial charge in [0.2, 0.25) is 0 Å². The third-order valence-corrected chi connectivity index (χ3v) is 2.71. The van der Waals surface area contributed by atoms with Crippen molar-refractivity contribution in [1.82, 2.24) is 15.2 Å². The second kappa shape index (κ2) is 3.41. The number of fused-ring (bicyclic) bond motifs is 1. The van der Waals surface area contributed by atoms with Gasteiger partial charge in [-0.2, -0.15) is 5.10 Å². The Morgan fingerprint density at radius 2 is 2.12 bits per heavy atom. The van der Waals surface area contributed by atoms with E-state index < -0.39 is 0 Å². The minimum Gasteiger partial charge on any atom is -0.372 e. The molecule has 1 aromatic carbocycles. The highest BCUT2D eigenvalue weighted by Gasteiger charge is 2.07. The fraction of sp³-hybridized carbons (Fsp3) is 0.0833.